The molecule has 36 spiro atoms. The standard InChI is InChI=1S/C40H6/c1-3-5(1)7(3)9(5)11(7)13(9)15(11)17(13)19(15)21(17)23(19)25(21)27(23)29(25)31(27)33(29)35(31)37(33)39(35)38-34-30-26-22-18-14-10-6-2-4(6)8(6,10)12(10,14)16(14,18)20(18,22)24(22,26)28(26,30)32(30,34)36(34,38)40(37,38)39/h3-4H,1-2H2. The number of rotatable bonds is 0. The van der Waals surface area contributed by atoms with E-state index in [1.165, 1.54) is 207 Å². The van der Waals surface area contributed by atoms with E-state index in [9.17, 15) is 0 Å². The first-order chi connectivity index (χ1) is 19.9. The van der Waals surface area contributed by atoms with Crippen molar-refractivity contribution in [3.8, 4) is 0 Å². The fourth-order valence-corrected chi connectivity index (χ4v) is 49.2. The first-order valence-electron chi connectivity index (χ1n) is 19.9. The van der Waals surface area contributed by atoms with E-state index < -0.39 is 0 Å². The Labute approximate surface area is 219 Å². The smallest absolute Gasteiger partial charge is 0 e. The zero-order valence-electron chi connectivity index (χ0n) is 20.6. The first kappa shape index (κ1) is 10.3. The second-order valence-electron chi connectivity index (χ2n) is 29.1. The highest BCUT2D eigenvalue weighted by Gasteiger charge is 4.00. The molecule has 38 saturated carbocycles. The van der Waals surface area contributed by atoms with Gasteiger partial charge in [-0.1, -0.05) is 0 Å². The highest BCUT2D eigenvalue weighted by Crippen LogP contribution is 4.00. The van der Waals surface area contributed by atoms with E-state index >= 15 is 0 Å². The molecule has 38 aliphatic rings. The monoisotopic (exact) mass is 486 g/mol. The van der Waals surface area contributed by atoms with Crippen molar-refractivity contribution in [2.45, 2.75) is 12.8 Å². The topological polar surface area (TPSA) is 0 Å². The third-order valence-electron chi connectivity index (χ3n) is 40.1. The summed E-state index contributed by atoms with van der Waals surface area (Å²) in [7, 11) is 0. The number of hydrogen-bond acceptors (Lipinski definition) is 0. The van der Waals surface area contributed by atoms with E-state index in [1.807, 2.05) is 0 Å². The van der Waals surface area contributed by atoms with Crippen LogP contribution >= 0.6 is 0 Å². The molecule has 0 saturated heterocycles. The van der Waals surface area contributed by atoms with E-state index in [0.29, 0.717) is 0 Å². The molecule has 0 aromatic heterocycles. The van der Waals surface area contributed by atoms with Crippen molar-refractivity contribution in [3.05, 3.63) is 0 Å². The maximum atomic E-state index is 1.78. The molecule has 0 heteroatoms. The third-order valence-corrected chi connectivity index (χ3v) is 40.1. The minimum Gasteiger partial charge on any atom is -0.0421 e. The second kappa shape index (κ2) is 1.12. The van der Waals surface area contributed by atoms with Crippen LogP contribution in [0.5, 0.6) is 0 Å². The van der Waals surface area contributed by atoms with Gasteiger partial charge in [0.25, 0.3) is 0 Å². The molecule has 38 rings (SSSR count). The zero-order chi connectivity index (χ0) is 20.6. The van der Waals surface area contributed by atoms with Crippen molar-refractivity contribution in [2.75, 3.05) is 0 Å². The summed E-state index contributed by atoms with van der Waals surface area (Å²) >= 11 is 0. The van der Waals surface area contributed by atoms with Crippen LogP contribution in [-0.2, 0) is 0 Å². The molecule has 0 bridgehead atoms. The molecule has 0 heterocycles. The highest BCUT2D eigenvalue weighted by molar-refractivity contribution is 6.43. The molecule has 166 valence electrons. The Balaban J connectivity index is 0.581. The van der Waals surface area contributed by atoms with E-state index in [1.54, 1.807) is 12.8 Å². The molecular weight excluding hydrogens is 480 g/mol. The van der Waals surface area contributed by atoms with Crippen LogP contribution in [0.2, 0.25) is 0 Å². The molecule has 0 radical (unpaired) electrons. The summed E-state index contributed by atoms with van der Waals surface area (Å²) in [4.78, 5) is 0. The Bertz CT molecular complexity index is 3260. The van der Waals surface area contributed by atoms with Gasteiger partial charge in [0.05, 0.1) is 0 Å². The summed E-state index contributed by atoms with van der Waals surface area (Å²) in [6.45, 7) is 0. The Kier molecular flexibility index (Phi) is 0.288. The van der Waals surface area contributed by atoms with E-state index in [-0.39, 0.29) is 0 Å². The highest BCUT2D eigenvalue weighted by atomic mass is 16.0. The largest absolute Gasteiger partial charge is 0.0421 e. The molecular formula is C40H6. The van der Waals surface area contributed by atoms with E-state index in [2.05, 4.69) is 0 Å². The van der Waals surface area contributed by atoms with E-state index in [0.717, 1.165) is 0 Å². The predicted octanol–water partition coefficient (Wildman–Crippen LogP) is 1.03. The molecule has 38 aliphatic carbocycles. The van der Waals surface area contributed by atoms with Gasteiger partial charge in [-0.05, 0) is 209 Å². The summed E-state index contributed by atoms with van der Waals surface area (Å²) in [5.41, 5.74) is 44.3. The lowest BCUT2D eigenvalue weighted by Gasteiger charge is -2.23. The Hall–Kier alpha value is 0. The third kappa shape index (κ3) is 0.155. The van der Waals surface area contributed by atoms with Crippen LogP contribution in [0, 0.1) is 207 Å². The van der Waals surface area contributed by atoms with Crippen LogP contribution in [0.1, 0.15) is 12.8 Å². The molecule has 0 aromatic carbocycles. The molecule has 0 amide bonds. The van der Waals surface area contributed by atoms with Gasteiger partial charge in [-0.3, -0.25) is 0 Å². The average molecular weight is 486 g/mol. The van der Waals surface area contributed by atoms with Gasteiger partial charge in [0.1, 0.15) is 0 Å². The zero-order valence-corrected chi connectivity index (χ0v) is 20.6. The van der Waals surface area contributed by atoms with Gasteiger partial charge in [-0.25, -0.2) is 0 Å². The summed E-state index contributed by atoms with van der Waals surface area (Å²) in [5, 5.41) is 0. The van der Waals surface area contributed by atoms with Crippen molar-refractivity contribution in [1.29, 1.82) is 0 Å². The minimum absolute atomic E-state index is 1.17. The Morgan fingerprint density at radius 2 is 0.375 bits per heavy atom. The van der Waals surface area contributed by atoms with Gasteiger partial charge in [-0.15, -0.1) is 0 Å². The van der Waals surface area contributed by atoms with Crippen LogP contribution in [0.4, 0.5) is 0 Å². The van der Waals surface area contributed by atoms with Crippen LogP contribution in [0.15, 0.2) is 0 Å². The first-order valence-corrected chi connectivity index (χ1v) is 19.9. The van der Waals surface area contributed by atoms with Gasteiger partial charge in [0, 0.05) is 10.8 Å². The Morgan fingerprint density at radius 1 is 0.200 bits per heavy atom. The normalized spacial score (nSPS) is 179. The second-order valence-corrected chi connectivity index (χ2v) is 29.1. The van der Waals surface area contributed by atoms with E-state index in [4.69, 9.17) is 0 Å². The average Bonchev–Trinajstić information content (AvgIpc) is 3.63. The predicted molar refractivity (Wildman–Crippen MR) is 104 cm³/mol. The summed E-state index contributed by atoms with van der Waals surface area (Å²) in [6, 6.07) is 0. The van der Waals surface area contributed by atoms with Crippen molar-refractivity contribution < 1.29 is 0 Å². The molecule has 0 nitrogen and oxygen atoms in total. The fourth-order valence-electron chi connectivity index (χ4n) is 49.2. The molecule has 40 heavy (non-hydrogen) atoms. The Morgan fingerprint density at radius 3 is 0.550 bits per heavy atom. The van der Waals surface area contributed by atoms with Crippen molar-refractivity contribution >= 4 is 0 Å². The fraction of sp³-hybridized carbons (Fsp3) is 1.00. The minimum atomic E-state index is 1.17. The van der Waals surface area contributed by atoms with Crippen LogP contribution in [0.25, 0.3) is 0 Å². The summed E-state index contributed by atoms with van der Waals surface area (Å²) in [6.07, 6.45) is 3.55. The molecule has 0 aromatic rings. The maximum Gasteiger partial charge on any atom is 0 e. The van der Waals surface area contributed by atoms with Gasteiger partial charge in [-0.2, -0.15) is 0 Å². The number of hydrogen-bond donors (Lipinski definition) is 0. The molecule has 34 atom stereocenters. The van der Waals surface area contributed by atoms with Crippen molar-refractivity contribution in [2.24, 2.45) is 207 Å². The lowest BCUT2D eigenvalue weighted by molar-refractivity contribution is 0.204. The van der Waals surface area contributed by atoms with Crippen LogP contribution in [-0.4, -0.2) is 0 Å². The van der Waals surface area contributed by atoms with Crippen LogP contribution < -0.4 is 0 Å². The van der Waals surface area contributed by atoms with Crippen LogP contribution in [0.3, 0.4) is 0 Å². The lowest BCUT2D eigenvalue weighted by atomic mass is 9.78. The maximum absolute atomic E-state index is 1.78. The summed E-state index contributed by atoms with van der Waals surface area (Å²) in [5.74, 6) is 2.78. The van der Waals surface area contributed by atoms with Gasteiger partial charge < -0.3 is 0 Å². The van der Waals surface area contributed by atoms with Crippen molar-refractivity contribution in [1.82, 2.24) is 0 Å². The SMILES string of the molecule is C1C2C13C21C32C13C21C32C13C21C32C13C21C32C13C21C32C13C21C32C34C56C78C9%10C%11%12C%13%14C%15%16C%17%18C%19%20CC%19C%20%17C%18%15C%16%13C%14%11C%129C%107C85C63C142. The molecule has 0 aliphatic heterocycles. The lowest BCUT2D eigenvalue weighted by Crippen LogP contribution is -2.23. The quantitative estimate of drug-likeness (QED) is 0.480. The molecule has 0 N–H and O–H groups in total. The van der Waals surface area contributed by atoms with Crippen molar-refractivity contribution in [3.63, 3.8) is 0 Å². The molecule has 38 fully saturated rings. The van der Waals surface area contributed by atoms with Gasteiger partial charge in [0.15, 0.2) is 0 Å². The molecule has 34 unspecified atom stereocenters. The van der Waals surface area contributed by atoms with Gasteiger partial charge >= 0.3 is 0 Å². The van der Waals surface area contributed by atoms with Gasteiger partial charge in [0.2, 0.25) is 0 Å². The summed E-state index contributed by atoms with van der Waals surface area (Å²) < 4.78 is 0.